The average Bonchev–Trinajstić information content (AvgIpc) is 2.94. The Kier molecular flexibility index (Phi) is 5.01. The second kappa shape index (κ2) is 7.21. The molecule has 0 aliphatic heterocycles. The molecule has 2 aromatic heterocycles. The first-order chi connectivity index (χ1) is 12.0. The number of carbonyl (C=O) groups excluding carboxylic acids is 2. The summed E-state index contributed by atoms with van der Waals surface area (Å²) >= 11 is 7.04. The summed E-state index contributed by atoms with van der Waals surface area (Å²) in [5.41, 5.74) is 7.28. The van der Waals surface area contributed by atoms with E-state index in [0.717, 1.165) is 18.5 Å². The van der Waals surface area contributed by atoms with Crippen LogP contribution in [0.5, 0.6) is 0 Å². The summed E-state index contributed by atoms with van der Waals surface area (Å²) in [6.45, 7) is 2.08. The fourth-order valence-corrected chi connectivity index (χ4v) is 3.62. The van der Waals surface area contributed by atoms with E-state index in [0.29, 0.717) is 31.4 Å². The quantitative estimate of drug-likeness (QED) is 0.700. The summed E-state index contributed by atoms with van der Waals surface area (Å²) in [5.74, 6) is -0.928. The number of carbonyl (C=O) groups is 2. The van der Waals surface area contributed by atoms with Gasteiger partial charge in [-0.3, -0.25) is 9.59 Å². The molecule has 0 radical (unpaired) electrons. The number of halogens is 1. The fourth-order valence-electron chi connectivity index (χ4n) is 2.50. The molecule has 3 rings (SSSR count). The maximum atomic E-state index is 12.5. The van der Waals surface area contributed by atoms with Crippen LogP contribution < -0.4 is 11.1 Å². The van der Waals surface area contributed by atoms with Gasteiger partial charge in [-0.2, -0.15) is 0 Å². The van der Waals surface area contributed by atoms with E-state index in [4.69, 9.17) is 17.3 Å². The Morgan fingerprint density at radius 2 is 1.92 bits per heavy atom. The van der Waals surface area contributed by atoms with Crippen molar-refractivity contribution in [1.82, 2.24) is 4.98 Å². The van der Waals surface area contributed by atoms with E-state index >= 15 is 0 Å². The minimum atomic E-state index is -0.591. The maximum absolute atomic E-state index is 12.5. The Labute approximate surface area is 153 Å². The number of nitrogens with two attached hydrogens (primary N) is 1. The van der Waals surface area contributed by atoms with Crippen molar-refractivity contribution >= 4 is 50.7 Å². The normalized spacial score (nSPS) is 10.8. The molecule has 3 N–H and O–H groups in total. The largest absolute Gasteiger partial charge is 0.365 e. The summed E-state index contributed by atoms with van der Waals surface area (Å²) in [5, 5.41) is 4.04. The molecule has 0 aliphatic rings. The van der Waals surface area contributed by atoms with Gasteiger partial charge < -0.3 is 11.1 Å². The second-order valence-electron chi connectivity index (χ2n) is 5.54. The predicted molar refractivity (Wildman–Crippen MR) is 102 cm³/mol. The van der Waals surface area contributed by atoms with E-state index in [-0.39, 0.29) is 5.91 Å². The average molecular weight is 374 g/mol. The topological polar surface area (TPSA) is 85.1 Å². The van der Waals surface area contributed by atoms with E-state index in [2.05, 4.69) is 17.2 Å². The highest BCUT2D eigenvalue weighted by Gasteiger charge is 2.20. The molecule has 0 saturated heterocycles. The summed E-state index contributed by atoms with van der Waals surface area (Å²) < 4.78 is 0. The Morgan fingerprint density at radius 1 is 1.20 bits per heavy atom. The van der Waals surface area contributed by atoms with Crippen LogP contribution in [0.3, 0.4) is 0 Å². The van der Waals surface area contributed by atoms with E-state index in [1.807, 2.05) is 12.1 Å². The number of hydrogen-bond acceptors (Lipinski definition) is 4. The number of aromatic nitrogens is 1. The zero-order chi connectivity index (χ0) is 18.0. The van der Waals surface area contributed by atoms with Crippen LogP contribution in [-0.2, 0) is 6.42 Å². The summed E-state index contributed by atoms with van der Waals surface area (Å²) in [4.78, 5) is 29.8. The number of pyridine rings is 1. The third-order valence-corrected chi connectivity index (χ3v) is 5.05. The predicted octanol–water partition coefficient (Wildman–Crippen LogP) is 4.25. The molecular weight excluding hydrogens is 358 g/mol. The molecule has 25 heavy (non-hydrogen) atoms. The van der Waals surface area contributed by atoms with Crippen molar-refractivity contribution in [2.45, 2.75) is 19.8 Å². The number of rotatable bonds is 5. The van der Waals surface area contributed by atoms with E-state index < -0.39 is 5.91 Å². The number of benzene rings is 1. The number of amides is 2. The lowest BCUT2D eigenvalue weighted by Gasteiger charge is -2.06. The zero-order valence-electron chi connectivity index (χ0n) is 13.5. The fraction of sp³-hybridized carbons (Fsp3) is 0.167. The molecule has 128 valence electrons. The van der Waals surface area contributed by atoms with Crippen molar-refractivity contribution in [1.29, 1.82) is 0 Å². The van der Waals surface area contributed by atoms with Gasteiger partial charge in [0.15, 0.2) is 0 Å². The Hall–Kier alpha value is -2.44. The van der Waals surface area contributed by atoms with Gasteiger partial charge >= 0.3 is 0 Å². The Morgan fingerprint density at radius 3 is 2.56 bits per heavy atom. The summed E-state index contributed by atoms with van der Waals surface area (Å²) in [6, 6.07) is 10.3. The molecule has 7 heteroatoms. The number of fused-ring (bicyclic) bond motifs is 1. The number of primary amides is 1. The van der Waals surface area contributed by atoms with Crippen molar-refractivity contribution in [2.24, 2.45) is 5.73 Å². The lowest BCUT2D eigenvalue weighted by molar-refractivity contribution is 0.100. The molecule has 0 unspecified atom stereocenters. The summed E-state index contributed by atoms with van der Waals surface area (Å²) in [7, 11) is 0. The van der Waals surface area contributed by atoms with Gasteiger partial charge in [-0.1, -0.05) is 24.9 Å². The first kappa shape index (κ1) is 17.4. The molecule has 0 fully saturated rings. The van der Waals surface area contributed by atoms with Gasteiger partial charge in [0.25, 0.3) is 11.8 Å². The smallest absolute Gasteiger partial charge is 0.261 e. The summed E-state index contributed by atoms with van der Waals surface area (Å²) in [6.07, 6.45) is 1.83. The number of nitrogens with one attached hydrogen (secondary N) is 1. The number of hydrogen-bond donors (Lipinski definition) is 2. The molecule has 2 amide bonds. The van der Waals surface area contributed by atoms with Gasteiger partial charge in [0.1, 0.15) is 9.71 Å². The molecule has 5 nitrogen and oxygen atoms in total. The molecule has 2 heterocycles. The minimum Gasteiger partial charge on any atom is -0.365 e. The van der Waals surface area contributed by atoms with Crippen LogP contribution in [0.15, 0.2) is 36.4 Å². The highest BCUT2D eigenvalue weighted by molar-refractivity contribution is 7.21. The first-order valence-electron chi connectivity index (χ1n) is 7.78. The monoisotopic (exact) mass is 373 g/mol. The Balaban J connectivity index is 2.01. The van der Waals surface area contributed by atoms with Crippen molar-refractivity contribution in [3.05, 3.63) is 57.6 Å². The van der Waals surface area contributed by atoms with Gasteiger partial charge in [0, 0.05) is 21.7 Å². The maximum Gasteiger partial charge on any atom is 0.261 e. The molecule has 0 bridgehead atoms. The first-order valence-corrected chi connectivity index (χ1v) is 8.98. The molecule has 3 aromatic rings. The van der Waals surface area contributed by atoms with Gasteiger partial charge in [-0.25, -0.2) is 4.98 Å². The highest BCUT2D eigenvalue weighted by Crippen LogP contribution is 2.35. The van der Waals surface area contributed by atoms with E-state index in [1.54, 1.807) is 24.3 Å². The lowest BCUT2D eigenvalue weighted by Crippen LogP contribution is -2.16. The highest BCUT2D eigenvalue weighted by atomic mass is 35.5. The van der Waals surface area contributed by atoms with Gasteiger partial charge in [-0.15, -0.1) is 11.3 Å². The zero-order valence-corrected chi connectivity index (χ0v) is 15.1. The molecule has 0 spiro atoms. The van der Waals surface area contributed by atoms with Crippen molar-refractivity contribution < 1.29 is 9.59 Å². The standard InChI is InChI=1S/C18H16ClN3O2S/c1-2-3-12-8-9-13-14(15(16(20)23)25-18(13)21-12)22-17(24)10-4-6-11(19)7-5-10/h4-9H,2-3H2,1H3,(H2,20,23)(H,22,24). The van der Waals surface area contributed by atoms with Crippen LogP contribution in [0.2, 0.25) is 5.02 Å². The van der Waals surface area contributed by atoms with Gasteiger partial charge in [0.05, 0.1) is 5.69 Å². The van der Waals surface area contributed by atoms with Crippen molar-refractivity contribution in [3.63, 3.8) is 0 Å². The number of nitrogens with zero attached hydrogens (tertiary/aromatic N) is 1. The Bertz CT molecular complexity index is 951. The van der Waals surface area contributed by atoms with E-state index in [9.17, 15) is 9.59 Å². The number of anilines is 1. The SMILES string of the molecule is CCCc1ccc2c(NC(=O)c3ccc(Cl)cc3)c(C(N)=O)sc2n1. The molecule has 0 saturated carbocycles. The van der Waals surface area contributed by atoms with Crippen LogP contribution in [0.1, 0.15) is 39.1 Å². The van der Waals surface area contributed by atoms with Crippen LogP contribution in [0.4, 0.5) is 5.69 Å². The molecular formula is C18H16ClN3O2S. The van der Waals surface area contributed by atoms with Crippen LogP contribution in [-0.4, -0.2) is 16.8 Å². The van der Waals surface area contributed by atoms with Crippen LogP contribution in [0, 0.1) is 0 Å². The number of aryl methyl sites for hydroxylation is 1. The third-order valence-electron chi connectivity index (χ3n) is 3.69. The second-order valence-corrected chi connectivity index (χ2v) is 6.97. The number of thiophene rings is 1. The molecule has 1 aromatic carbocycles. The van der Waals surface area contributed by atoms with Crippen LogP contribution >= 0.6 is 22.9 Å². The van der Waals surface area contributed by atoms with E-state index in [1.165, 1.54) is 11.3 Å². The van der Waals surface area contributed by atoms with Gasteiger partial charge in [-0.05, 0) is 42.8 Å². The van der Waals surface area contributed by atoms with Crippen molar-refractivity contribution in [2.75, 3.05) is 5.32 Å². The lowest BCUT2D eigenvalue weighted by atomic mass is 10.1. The van der Waals surface area contributed by atoms with Gasteiger partial charge in [0.2, 0.25) is 0 Å². The van der Waals surface area contributed by atoms with Crippen LogP contribution in [0.25, 0.3) is 10.2 Å². The third kappa shape index (κ3) is 3.65. The molecule has 0 atom stereocenters. The molecule has 0 aliphatic carbocycles. The minimum absolute atomic E-state index is 0.290. The van der Waals surface area contributed by atoms with Crippen molar-refractivity contribution in [3.8, 4) is 0 Å².